The van der Waals surface area contributed by atoms with Crippen LogP contribution in [0.3, 0.4) is 0 Å². The van der Waals surface area contributed by atoms with Crippen LogP contribution in [0.15, 0.2) is 18.2 Å². The minimum atomic E-state index is -0.707. The van der Waals surface area contributed by atoms with Gasteiger partial charge in [-0.1, -0.05) is 13.0 Å². The smallest absolute Gasteiger partial charge is 0.241 e. The number of nitrogens with zero attached hydrogens (tertiary/aromatic N) is 2. The van der Waals surface area contributed by atoms with Gasteiger partial charge in [-0.2, -0.15) is 0 Å². The van der Waals surface area contributed by atoms with Gasteiger partial charge in [0, 0.05) is 20.6 Å². The van der Waals surface area contributed by atoms with E-state index in [2.05, 4.69) is 0 Å². The predicted molar refractivity (Wildman–Crippen MR) is 78.2 cm³/mol. The normalized spacial score (nSPS) is 12.1. The van der Waals surface area contributed by atoms with Crippen molar-refractivity contribution >= 4 is 11.6 Å². The molecule has 0 saturated carbocycles. The summed E-state index contributed by atoms with van der Waals surface area (Å²) in [7, 11) is 3.36. The highest BCUT2D eigenvalue weighted by Gasteiger charge is 2.16. The summed E-state index contributed by atoms with van der Waals surface area (Å²) in [6.07, 6.45) is 0.111. The van der Waals surface area contributed by atoms with Crippen LogP contribution in [-0.4, -0.2) is 43.1 Å². The van der Waals surface area contributed by atoms with Gasteiger partial charge in [-0.3, -0.25) is 4.79 Å². The van der Waals surface area contributed by atoms with Crippen LogP contribution in [0, 0.1) is 5.82 Å². The van der Waals surface area contributed by atoms with E-state index in [1.165, 1.54) is 11.0 Å². The molecule has 5 heteroatoms. The third-order valence-electron chi connectivity index (χ3n) is 3.11. The van der Waals surface area contributed by atoms with Gasteiger partial charge in [0.15, 0.2) is 0 Å². The van der Waals surface area contributed by atoms with Crippen LogP contribution < -0.4 is 4.90 Å². The number of aliphatic hydroxyl groups is 1. The van der Waals surface area contributed by atoms with E-state index in [-0.39, 0.29) is 12.5 Å². The quantitative estimate of drug-likeness (QED) is 0.870. The highest BCUT2D eigenvalue weighted by molar-refractivity contribution is 5.81. The van der Waals surface area contributed by atoms with Crippen molar-refractivity contribution in [2.75, 3.05) is 32.1 Å². The molecule has 0 bridgehead atoms. The van der Waals surface area contributed by atoms with E-state index < -0.39 is 11.9 Å². The van der Waals surface area contributed by atoms with Crippen LogP contribution in [0.1, 0.15) is 31.9 Å². The predicted octanol–water partition coefficient (Wildman–Crippen LogP) is 2.18. The number of amides is 1. The molecule has 0 aliphatic carbocycles. The molecule has 20 heavy (non-hydrogen) atoms. The lowest BCUT2D eigenvalue weighted by molar-refractivity contribution is -0.127. The van der Waals surface area contributed by atoms with Crippen molar-refractivity contribution in [3.05, 3.63) is 29.6 Å². The third-order valence-corrected chi connectivity index (χ3v) is 3.11. The molecular weight excluding hydrogens is 259 g/mol. The lowest BCUT2D eigenvalue weighted by atomic mass is 10.1. The van der Waals surface area contributed by atoms with Crippen molar-refractivity contribution < 1.29 is 14.3 Å². The first-order valence-electron chi connectivity index (χ1n) is 6.79. The molecule has 0 aromatic heterocycles. The second-order valence-electron chi connectivity index (χ2n) is 5.10. The third kappa shape index (κ3) is 4.20. The molecule has 0 saturated heterocycles. The summed E-state index contributed by atoms with van der Waals surface area (Å²) in [5, 5.41) is 9.46. The average Bonchev–Trinajstić information content (AvgIpc) is 2.37. The molecule has 0 fully saturated rings. The molecule has 4 nitrogen and oxygen atoms in total. The molecule has 0 spiro atoms. The van der Waals surface area contributed by atoms with Crippen molar-refractivity contribution in [1.29, 1.82) is 0 Å². The maximum atomic E-state index is 14.2. The molecule has 1 N–H and O–H groups in total. The van der Waals surface area contributed by atoms with Crippen LogP contribution in [0.5, 0.6) is 0 Å². The molecule has 1 amide bonds. The van der Waals surface area contributed by atoms with Crippen LogP contribution in [-0.2, 0) is 4.79 Å². The molecule has 0 radical (unpaired) electrons. The first-order chi connectivity index (χ1) is 9.36. The van der Waals surface area contributed by atoms with E-state index in [1.807, 2.05) is 6.92 Å². The molecule has 0 aliphatic rings. The summed E-state index contributed by atoms with van der Waals surface area (Å²) in [6, 6.07) is 4.63. The van der Waals surface area contributed by atoms with Crippen molar-refractivity contribution in [3.63, 3.8) is 0 Å². The number of benzene rings is 1. The zero-order valence-corrected chi connectivity index (χ0v) is 12.6. The van der Waals surface area contributed by atoms with Crippen molar-refractivity contribution in [2.24, 2.45) is 0 Å². The number of carbonyl (C=O) groups excluding carboxylic acids is 1. The molecule has 0 unspecified atom stereocenters. The molecule has 1 aromatic rings. The summed E-state index contributed by atoms with van der Waals surface area (Å²) in [5.74, 6) is -0.485. The van der Waals surface area contributed by atoms with E-state index in [0.29, 0.717) is 17.8 Å². The van der Waals surface area contributed by atoms with Gasteiger partial charge < -0.3 is 14.9 Å². The number of hydrogen-bond donors (Lipinski definition) is 1. The maximum absolute atomic E-state index is 14.2. The van der Waals surface area contributed by atoms with Crippen LogP contribution in [0.2, 0.25) is 0 Å². The van der Waals surface area contributed by atoms with Gasteiger partial charge >= 0.3 is 0 Å². The fourth-order valence-electron chi connectivity index (χ4n) is 1.90. The Morgan fingerprint density at radius 3 is 2.50 bits per heavy atom. The van der Waals surface area contributed by atoms with E-state index in [9.17, 15) is 14.3 Å². The van der Waals surface area contributed by atoms with E-state index >= 15 is 0 Å². The Morgan fingerprint density at radius 2 is 2.05 bits per heavy atom. The van der Waals surface area contributed by atoms with Gasteiger partial charge in [0.05, 0.1) is 18.3 Å². The number of hydrogen-bond acceptors (Lipinski definition) is 3. The number of halogens is 1. The number of rotatable bonds is 6. The minimum Gasteiger partial charge on any atom is -0.389 e. The Bertz CT molecular complexity index is 461. The summed E-state index contributed by atoms with van der Waals surface area (Å²) in [4.78, 5) is 15.0. The first-order valence-corrected chi connectivity index (χ1v) is 6.79. The van der Waals surface area contributed by atoms with Crippen molar-refractivity contribution in [1.82, 2.24) is 4.90 Å². The van der Waals surface area contributed by atoms with Gasteiger partial charge in [-0.25, -0.2) is 4.39 Å². The topological polar surface area (TPSA) is 43.8 Å². The Balaban J connectivity index is 2.99. The van der Waals surface area contributed by atoms with Gasteiger partial charge in [-0.05, 0) is 31.0 Å². The Kier molecular flexibility index (Phi) is 5.95. The summed E-state index contributed by atoms with van der Waals surface area (Å²) >= 11 is 0. The molecular formula is C15H23FN2O2. The molecule has 1 aromatic carbocycles. The fraction of sp³-hybridized carbons (Fsp3) is 0.533. The number of aliphatic hydroxyl groups excluding tert-OH is 1. The van der Waals surface area contributed by atoms with Crippen LogP contribution in [0.4, 0.5) is 10.1 Å². The zero-order valence-electron chi connectivity index (χ0n) is 12.6. The van der Waals surface area contributed by atoms with Gasteiger partial charge in [0.25, 0.3) is 0 Å². The van der Waals surface area contributed by atoms with Crippen molar-refractivity contribution in [2.45, 2.75) is 26.4 Å². The van der Waals surface area contributed by atoms with Crippen LogP contribution in [0.25, 0.3) is 0 Å². The maximum Gasteiger partial charge on any atom is 0.241 e. The largest absolute Gasteiger partial charge is 0.389 e. The van der Waals surface area contributed by atoms with Gasteiger partial charge in [0.1, 0.15) is 5.82 Å². The van der Waals surface area contributed by atoms with Gasteiger partial charge in [-0.15, -0.1) is 0 Å². The molecule has 1 atom stereocenters. The van der Waals surface area contributed by atoms with E-state index in [4.69, 9.17) is 0 Å². The molecule has 0 aliphatic heterocycles. The molecule has 1 rings (SSSR count). The van der Waals surface area contributed by atoms with Crippen LogP contribution >= 0.6 is 0 Å². The summed E-state index contributed by atoms with van der Waals surface area (Å²) < 4.78 is 14.2. The Morgan fingerprint density at radius 1 is 1.40 bits per heavy atom. The number of anilines is 1. The lowest BCUT2D eigenvalue weighted by Crippen LogP contribution is -2.37. The standard InChI is InChI=1S/C15H23FN2O2/c1-5-8-18(10-15(20)17(3)4)14-7-6-12(11(2)19)9-13(14)16/h6-7,9,11,19H,5,8,10H2,1-4H3/t11-/m1/s1. The van der Waals surface area contributed by atoms with Crippen molar-refractivity contribution in [3.8, 4) is 0 Å². The second kappa shape index (κ2) is 7.24. The molecule has 0 heterocycles. The monoisotopic (exact) mass is 282 g/mol. The number of likely N-dealkylation sites (N-methyl/N-ethyl adjacent to an activating group) is 1. The van der Waals surface area contributed by atoms with E-state index in [0.717, 1.165) is 6.42 Å². The number of carbonyl (C=O) groups is 1. The second-order valence-corrected chi connectivity index (χ2v) is 5.10. The minimum absolute atomic E-state index is 0.0718. The van der Waals surface area contributed by atoms with E-state index in [1.54, 1.807) is 38.1 Å². The fourth-order valence-corrected chi connectivity index (χ4v) is 1.90. The summed E-state index contributed by atoms with van der Waals surface area (Å²) in [6.45, 7) is 4.32. The molecule has 112 valence electrons. The summed E-state index contributed by atoms with van der Waals surface area (Å²) in [5.41, 5.74) is 0.924. The Hall–Kier alpha value is -1.62. The average molecular weight is 282 g/mol. The highest BCUT2D eigenvalue weighted by Crippen LogP contribution is 2.23. The lowest BCUT2D eigenvalue weighted by Gasteiger charge is -2.26. The zero-order chi connectivity index (χ0) is 15.3. The first kappa shape index (κ1) is 16.4. The Labute approximate surface area is 119 Å². The SMILES string of the molecule is CCCN(CC(=O)N(C)C)c1ccc([C@@H](C)O)cc1F. The highest BCUT2D eigenvalue weighted by atomic mass is 19.1. The van der Waals surface area contributed by atoms with Gasteiger partial charge in [0.2, 0.25) is 5.91 Å².